The molecule has 0 amide bonds. The van der Waals surface area contributed by atoms with E-state index in [2.05, 4.69) is 115 Å². The van der Waals surface area contributed by atoms with Crippen LogP contribution in [0.5, 0.6) is 0 Å². The molecular weight excluding hydrogens is 665 g/mol. The van der Waals surface area contributed by atoms with E-state index >= 15 is 0 Å². The van der Waals surface area contributed by atoms with Crippen molar-refractivity contribution < 1.29 is 0 Å². The number of aromatic nitrogens is 4. The minimum absolute atomic E-state index is 0.643. The van der Waals surface area contributed by atoms with Crippen LogP contribution in [-0.4, -0.2) is 19.9 Å². The van der Waals surface area contributed by atoms with Crippen molar-refractivity contribution in [3.8, 4) is 78.7 Å². The first kappa shape index (κ1) is 31.1. The number of fused-ring (bicyclic) bond motifs is 2. The molecule has 0 spiro atoms. The fourth-order valence-corrected chi connectivity index (χ4v) is 8.30. The topological polar surface area (TPSA) is 51.6 Å². The summed E-state index contributed by atoms with van der Waals surface area (Å²) < 4.78 is 0. The van der Waals surface area contributed by atoms with Crippen LogP contribution >= 0.6 is 11.8 Å². The van der Waals surface area contributed by atoms with Crippen LogP contribution in [0.2, 0.25) is 0 Å². The molecule has 4 nitrogen and oxygen atoms in total. The normalized spacial score (nSPS) is 11.7. The molecule has 0 fully saturated rings. The zero-order valence-corrected chi connectivity index (χ0v) is 29.3. The molecule has 7 aromatic carbocycles. The number of hydrogen-bond donors (Lipinski definition) is 0. The summed E-state index contributed by atoms with van der Waals surface area (Å²) in [4.78, 5) is 22.0. The fraction of sp³-hybridized carbons (Fsp3) is 0. The van der Waals surface area contributed by atoms with Crippen molar-refractivity contribution in [3.63, 3.8) is 0 Å². The van der Waals surface area contributed by atoms with Crippen LogP contribution in [0.15, 0.2) is 192 Å². The van der Waals surface area contributed by atoms with Gasteiger partial charge in [-0.2, -0.15) is 0 Å². The smallest absolute Gasteiger partial charge is 0.164 e. The highest BCUT2D eigenvalue weighted by molar-refractivity contribution is 7.99. The maximum Gasteiger partial charge on any atom is 0.164 e. The number of hydrogen-bond acceptors (Lipinski definition) is 5. The first-order chi connectivity index (χ1) is 26.2. The van der Waals surface area contributed by atoms with Gasteiger partial charge in [-0.1, -0.05) is 157 Å². The molecule has 2 aromatic heterocycles. The molecule has 0 unspecified atom stereocenters. The molecule has 10 rings (SSSR count). The molecule has 0 saturated carbocycles. The van der Waals surface area contributed by atoms with Gasteiger partial charge in [-0.25, -0.2) is 15.0 Å². The summed E-state index contributed by atoms with van der Waals surface area (Å²) in [5.74, 6) is 1.95. The van der Waals surface area contributed by atoms with Crippen molar-refractivity contribution in [2.75, 3.05) is 0 Å². The highest BCUT2D eigenvalue weighted by Gasteiger charge is 2.23. The maximum atomic E-state index is 4.94. The molecule has 0 bridgehead atoms. The Labute approximate surface area is 312 Å². The molecule has 1 aliphatic heterocycles. The molecule has 0 aliphatic carbocycles. The highest BCUT2D eigenvalue weighted by atomic mass is 32.2. The number of nitrogens with zero attached hydrogens (tertiary/aromatic N) is 4. The number of rotatable bonds is 6. The third kappa shape index (κ3) is 5.78. The van der Waals surface area contributed by atoms with Crippen molar-refractivity contribution >= 4 is 22.7 Å². The standard InChI is InChI=1S/C48H30N4S/c1-3-11-33(12-4-1)46-50-47(34-13-5-2-6-14-34)52-48(51-46)38-18-10-16-36(30-38)32-23-21-31(22-24-32)35-15-9-17-37(29-35)39-25-26-41-45-43(27-28-49-41)53-42-20-8-7-19-40(42)44(39)45/h1-30H. The summed E-state index contributed by atoms with van der Waals surface area (Å²) in [7, 11) is 0. The Morgan fingerprint density at radius 3 is 1.53 bits per heavy atom. The zero-order valence-electron chi connectivity index (χ0n) is 28.5. The monoisotopic (exact) mass is 694 g/mol. The fourth-order valence-electron chi connectivity index (χ4n) is 7.20. The quantitative estimate of drug-likeness (QED) is 0.173. The van der Waals surface area contributed by atoms with Crippen LogP contribution in [0.4, 0.5) is 0 Å². The molecule has 5 heteroatoms. The Hall–Kier alpha value is -6.69. The molecule has 0 radical (unpaired) electrons. The average Bonchev–Trinajstić information content (AvgIpc) is 3.24. The van der Waals surface area contributed by atoms with Gasteiger partial charge in [-0.3, -0.25) is 4.98 Å². The Balaban J connectivity index is 0.996. The van der Waals surface area contributed by atoms with Gasteiger partial charge >= 0.3 is 0 Å². The summed E-state index contributed by atoms with van der Waals surface area (Å²) in [6.07, 6.45) is 1.92. The van der Waals surface area contributed by atoms with Crippen molar-refractivity contribution in [2.45, 2.75) is 9.79 Å². The maximum absolute atomic E-state index is 4.94. The van der Waals surface area contributed by atoms with E-state index in [1.54, 1.807) is 0 Å². The second kappa shape index (κ2) is 13.1. The summed E-state index contributed by atoms with van der Waals surface area (Å²) in [6, 6.07) is 61.5. The Morgan fingerprint density at radius 2 is 0.868 bits per heavy atom. The largest absolute Gasteiger partial charge is 0.256 e. The molecule has 53 heavy (non-hydrogen) atoms. The van der Waals surface area contributed by atoms with Gasteiger partial charge in [0, 0.05) is 43.6 Å². The number of benzene rings is 7. The Kier molecular flexibility index (Phi) is 7.70. The lowest BCUT2D eigenvalue weighted by atomic mass is 9.89. The van der Waals surface area contributed by atoms with Gasteiger partial charge in [-0.05, 0) is 69.3 Å². The van der Waals surface area contributed by atoms with Crippen molar-refractivity contribution in [1.29, 1.82) is 0 Å². The minimum atomic E-state index is 0.643. The lowest BCUT2D eigenvalue weighted by Gasteiger charge is -2.22. The molecule has 9 aromatic rings. The summed E-state index contributed by atoms with van der Waals surface area (Å²) in [5, 5.41) is 1.23. The Bertz CT molecular complexity index is 2740. The molecular formula is C48H30N4S. The van der Waals surface area contributed by atoms with Crippen LogP contribution in [0.1, 0.15) is 0 Å². The van der Waals surface area contributed by atoms with Crippen LogP contribution in [-0.2, 0) is 0 Å². The molecule has 0 saturated heterocycles. The van der Waals surface area contributed by atoms with Gasteiger partial charge in [0.2, 0.25) is 0 Å². The van der Waals surface area contributed by atoms with Gasteiger partial charge in [0.25, 0.3) is 0 Å². The van der Waals surface area contributed by atoms with Crippen molar-refractivity contribution in [3.05, 3.63) is 182 Å². The Morgan fingerprint density at radius 1 is 0.340 bits per heavy atom. The third-order valence-electron chi connectivity index (χ3n) is 9.79. The second-order valence-electron chi connectivity index (χ2n) is 13.1. The van der Waals surface area contributed by atoms with E-state index in [0.717, 1.165) is 38.9 Å². The van der Waals surface area contributed by atoms with Gasteiger partial charge < -0.3 is 0 Å². The van der Waals surface area contributed by atoms with Gasteiger partial charge in [0.05, 0.1) is 5.52 Å². The molecule has 1 aliphatic rings. The van der Waals surface area contributed by atoms with E-state index in [1.807, 2.05) is 78.6 Å². The molecule has 0 atom stereocenters. The van der Waals surface area contributed by atoms with Gasteiger partial charge in [0.1, 0.15) is 0 Å². The van der Waals surface area contributed by atoms with Gasteiger partial charge in [0.15, 0.2) is 17.5 Å². The first-order valence-electron chi connectivity index (χ1n) is 17.6. The third-order valence-corrected chi connectivity index (χ3v) is 10.9. The molecule has 0 N–H and O–H groups in total. The van der Waals surface area contributed by atoms with E-state index < -0.39 is 0 Å². The predicted octanol–water partition coefficient (Wildman–Crippen LogP) is 12.6. The predicted molar refractivity (Wildman–Crippen MR) is 217 cm³/mol. The van der Waals surface area contributed by atoms with E-state index in [9.17, 15) is 0 Å². The SMILES string of the molecule is c1ccc(-c2nc(-c3ccccc3)nc(-c3cccc(-c4ccc(-c5cccc(-c6ccc7nccc8c7c6-c6ccccc6S8)c5)cc4)c3)n2)cc1. The summed E-state index contributed by atoms with van der Waals surface area (Å²) in [5.41, 5.74) is 13.4. The number of pyridine rings is 1. The van der Waals surface area contributed by atoms with Crippen LogP contribution in [0.25, 0.3) is 89.6 Å². The summed E-state index contributed by atoms with van der Waals surface area (Å²) >= 11 is 1.83. The zero-order chi connectivity index (χ0) is 35.1. The molecule has 248 valence electrons. The van der Waals surface area contributed by atoms with E-state index in [4.69, 9.17) is 19.9 Å². The van der Waals surface area contributed by atoms with E-state index in [0.29, 0.717) is 17.5 Å². The van der Waals surface area contributed by atoms with Crippen molar-refractivity contribution in [2.24, 2.45) is 0 Å². The highest BCUT2D eigenvalue weighted by Crippen LogP contribution is 2.51. The van der Waals surface area contributed by atoms with E-state index in [-0.39, 0.29) is 0 Å². The summed E-state index contributed by atoms with van der Waals surface area (Å²) in [6.45, 7) is 0. The molecule has 3 heterocycles. The van der Waals surface area contributed by atoms with Gasteiger partial charge in [-0.15, -0.1) is 0 Å². The van der Waals surface area contributed by atoms with Crippen LogP contribution in [0.3, 0.4) is 0 Å². The minimum Gasteiger partial charge on any atom is -0.256 e. The van der Waals surface area contributed by atoms with Crippen molar-refractivity contribution in [1.82, 2.24) is 19.9 Å². The van der Waals surface area contributed by atoms with Crippen LogP contribution in [0, 0.1) is 0 Å². The first-order valence-corrected chi connectivity index (χ1v) is 18.4. The average molecular weight is 695 g/mol. The van der Waals surface area contributed by atoms with E-state index in [1.165, 1.54) is 43.0 Å². The lowest BCUT2D eigenvalue weighted by Crippen LogP contribution is -2.00. The lowest BCUT2D eigenvalue weighted by molar-refractivity contribution is 1.07. The van der Waals surface area contributed by atoms with Crippen LogP contribution < -0.4 is 0 Å². The second-order valence-corrected chi connectivity index (χ2v) is 14.2.